The van der Waals surface area contributed by atoms with Gasteiger partial charge in [-0.1, -0.05) is 11.2 Å². The topological polar surface area (TPSA) is 116 Å². The van der Waals surface area contributed by atoms with E-state index in [4.69, 9.17) is 5.73 Å². The number of aryl methyl sites for hydroxylation is 3. The minimum Gasteiger partial charge on any atom is -0.398 e. The SMILES string of the molecule is Cc1cc(C)c(S(=O)(=O)Nc2nnn(C)n2)c(C)c1N. The molecule has 0 radical (unpaired) electrons. The molecule has 0 amide bonds. The van der Waals surface area contributed by atoms with Crippen molar-refractivity contribution in [3.8, 4) is 0 Å². The van der Waals surface area contributed by atoms with E-state index >= 15 is 0 Å². The number of benzene rings is 1. The molecule has 0 aliphatic rings. The van der Waals surface area contributed by atoms with E-state index < -0.39 is 10.0 Å². The zero-order valence-electron chi connectivity index (χ0n) is 11.7. The first-order chi connectivity index (χ1) is 9.22. The summed E-state index contributed by atoms with van der Waals surface area (Å²) in [4.78, 5) is 1.31. The molecule has 0 fully saturated rings. The maximum absolute atomic E-state index is 12.4. The van der Waals surface area contributed by atoms with Gasteiger partial charge in [0.2, 0.25) is 0 Å². The first kappa shape index (κ1) is 14.3. The van der Waals surface area contributed by atoms with Gasteiger partial charge in [-0.3, -0.25) is 0 Å². The third-order valence-corrected chi connectivity index (χ3v) is 4.58. The number of sulfonamides is 1. The number of nitrogen functional groups attached to an aromatic ring is 1. The van der Waals surface area contributed by atoms with Gasteiger partial charge < -0.3 is 5.73 Å². The summed E-state index contributed by atoms with van der Waals surface area (Å²) in [7, 11) is -2.26. The van der Waals surface area contributed by atoms with E-state index in [-0.39, 0.29) is 10.8 Å². The van der Waals surface area contributed by atoms with Crippen molar-refractivity contribution in [3.05, 3.63) is 22.8 Å². The molecule has 1 aromatic heterocycles. The zero-order valence-corrected chi connectivity index (χ0v) is 12.5. The fraction of sp³-hybridized carbons (Fsp3) is 0.364. The van der Waals surface area contributed by atoms with Gasteiger partial charge in [0.15, 0.2) is 0 Å². The normalized spacial score (nSPS) is 11.6. The van der Waals surface area contributed by atoms with E-state index in [1.165, 1.54) is 4.80 Å². The first-order valence-electron chi connectivity index (χ1n) is 5.85. The Balaban J connectivity index is 2.52. The minimum atomic E-state index is -3.81. The Kier molecular flexibility index (Phi) is 3.38. The minimum absolute atomic E-state index is 0.0783. The highest BCUT2D eigenvalue weighted by Crippen LogP contribution is 2.28. The van der Waals surface area contributed by atoms with Gasteiger partial charge in [-0.15, -0.1) is 5.10 Å². The van der Waals surface area contributed by atoms with Crippen LogP contribution in [0.5, 0.6) is 0 Å². The molecule has 1 aromatic carbocycles. The van der Waals surface area contributed by atoms with E-state index in [0.717, 1.165) is 5.56 Å². The number of nitrogens with one attached hydrogen (secondary N) is 1. The lowest BCUT2D eigenvalue weighted by atomic mass is 10.1. The molecule has 0 unspecified atom stereocenters. The molecular formula is C11H16N6O2S. The molecule has 0 atom stereocenters. The zero-order chi connectivity index (χ0) is 15.1. The molecular weight excluding hydrogens is 280 g/mol. The number of nitrogens with zero attached hydrogens (tertiary/aromatic N) is 4. The van der Waals surface area contributed by atoms with Gasteiger partial charge in [-0.25, -0.2) is 13.1 Å². The Morgan fingerprint density at radius 2 is 1.90 bits per heavy atom. The van der Waals surface area contributed by atoms with Crippen LogP contribution in [-0.2, 0) is 17.1 Å². The first-order valence-corrected chi connectivity index (χ1v) is 7.34. The van der Waals surface area contributed by atoms with Crippen LogP contribution in [-0.4, -0.2) is 28.6 Å². The van der Waals surface area contributed by atoms with Crippen molar-refractivity contribution < 1.29 is 8.42 Å². The number of hydrogen-bond acceptors (Lipinski definition) is 6. The Hall–Kier alpha value is -2.16. The fourth-order valence-corrected chi connectivity index (χ4v) is 3.51. The third-order valence-electron chi connectivity index (χ3n) is 2.96. The van der Waals surface area contributed by atoms with Crippen molar-refractivity contribution in [3.63, 3.8) is 0 Å². The largest absolute Gasteiger partial charge is 0.398 e. The Morgan fingerprint density at radius 1 is 1.25 bits per heavy atom. The second-order valence-electron chi connectivity index (χ2n) is 4.59. The summed E-state index contributed by atoms with van der Waals surface area (Å²) in [5, 5.41) is 11.0. The van der Waals surface area contributed by atoms with Crippen molar-refractivity contribution in [2.24, 2.45) is 7.05 Å². The molecule has 8 nitrogen and oxygen atoms in total. The van der Waals surface area contributed by atoms with Crippen LogP contribution in [0.25, 0.3) is 0 Å². The van der Waals surface area contributed by atoms with Gasteiger partial charge in [-0.2, -0.15) is 4.80 Å². The second-order valence-corrected chi connectivity index (χ2v) is 6.21. The standard InChI is InChI=1S/C11H16N6O2S/c1-6-5-7(2)10(8(3)9(6)12)20(18,19)15-11-13-16-17(4)14-11/h5H,12H2,1-4H3,(H,14,15). The molecule has 2 rings (SSSR count). The van der Waals surface area contributed by atoms with E-state index in [1.54, 1.807) is 27.0 Å². The van der Waals surface area contributed by atoms with Crippen molar-refractivity contribution in [2.45, 2.75) is 25.7 Å². The number of tetrazole rings is 1. The highest BCUT2D eigenvalue weighted by molar-refractivity contribution is 7.92. The number of hydrogen-bond donors (Lipinski definition) is 2. The predicted molar refractivity (Wildman–Crippen MR) is 74.7 cm³/mol. The number of rotatable bonds is 3. The third kappa shape index (κ3) is 2.44. The Labute approximate surface area is 117 Å². The summed E-state index contributed by atoms with van der Waals surface area (Å²) >= 11 is 0. The molecule has 1 heterocycles. The van der Waals surface area contributed by atoms with Gasteiger partial charge in [0.05, 0.1) is 11.9 Å². The molecule has 108 valence electrons. The summed E-state index contributed by atoms with van der Waals surface area (Å²) in [6.07, 6.45) is 0. The number of anilines is 2. The van der Waals surface area contributed by atoms with Crippen LogP contribution in [0.3, 0.4) is 0 Å². The van der Waals surface area contributed by atoms with Crippen LogP contribution in [0.15, 0.2) is 11.0 Å². The average molecular weight is 296 g/mol. The van der Waals surface area contributed by atoms with Crippen molar-refractivity contribution in [1.82, 2.24) is 20.2 Å². The molecule has 0 aliphatic carbocycles. The van der Waals surface area contributed by atoms with Crippen molar-refractivity contribution >= 4 is 21.7 Å². The lowest BCUT2D eigenvalue weighted by molar-refractivity contribution is 0.599. The number of nitrogens with two attached hydrogens (primary N) is 1. The van der Waals surface area contributed by atoms with Crippen LogP contribution in [0.2, 0.25) is 0 Å². The molecule has 0 saturated carbocycles. The molecule has 3 N–H and O–H groups in total. The average Bonchev–Trinajstić information content (AvgIpc) is 2.70. The highest BCUT2D eigenvalue weighted by atomic mass is 32.2. The van der Waals surface area contributed by atoms with Crippen LogP contribution in [0.4, 0.5) is 11.6 Å². The summed E-state index contributed by atoms with van der Waals surface area (Å²) < 4.78 is 27.2. The fourth-order valence-electron chi connectivity index (χ4n) is 2.09. The molecule has 20 heavy (non-hydrogen) atoms. The van der Waals surface area contributed by atoms with Crippen LogP contribution in [0, 0.1) is 20.8 Å². The smallest absolute Gasteiger partial charge is 0.277 e. The maximum atomic E-state index is 12.4. The van der Waals surface area contributed by atoms with Gasteiger partial charge >= 0.3 is 0 Å². The molecule has 0 spiro atoms. The van der Waals surface area contributed by atoms with Gasteiger partial charge in [-0.05, 0) is 42.7 Å². The Bertz CT molecular complexity index is 765. The molecule has 2 aromatic rings. The molecule has 0 aliphatic heterocycles. The summed E-state index contributed by atoms with van der Waals surface area (Å²) in [6, 6.07) is 1.74. The quantitative estimate of drug-likeness (QED) is 0.798. The lowest BCUT2D eigenvalue weighted by Gasteiger charge is -2.14. The van der Waals surface area contributed by atoms with E-state index in [1.807, 2.05) is 6.92 Å². The lowest BCUT2D eigenvalue weighted by Crippen LogP contribution is -2.18. The number of aromatic nitrogens is 4. The van der Waals surface area contributed by atoms with Crippen molar-refractivity contribution in [2.75, 3.05) is 10.5 Å². The maximum Gasteiger partial charge on any atom is 0.277 e. The molecule has 9 heteroatoms. The second kappa shape index (κ2) is 4.75. The monoisotopic (exact) mass is 296 g/mol. The van der Waals surface area contributed by atoms with Gasteiger partial charge in [0.25, 0.3) is 16.0 Å². The van der Waals surface area contributed by atoms with Crippen LogP contribution >= 0.6 is 0 Å². The van der Waals surface area contributed by atoms with Crippen LogP contribution in [0.1, 0.15) is 16.7 Å². The Morgan fingerprint density at radius 3 is 2.45 bits per heavy atom. The summed E-state index contributed by atoms with van der Waals surface area (Å²) in [5.41, 5.74) is 8.34. The van der Waals surface area contributed by atoms with Gasteiger partial charge in [0.1, 0.15) is 0 Å². The van der Waals surface area contributed by atoms with E-state index in [9.17, 15) is 8.42 Å². The summed E-state index contributed by atoms with van der Waals surface area (Å²) in [5.74, 6) is -0.0783. The van der Waals surface area contributed by atoms with Crippen LogP contribution < -0.4 is 10.5 Å². The molecule has 0 saturated heterocycles. The van der Waals surface area contributed by atoms with E-state index in [0.29, 0.717) is 16.8 Å². The van der Waals surface area contributed by atoms with Crippen molar-refractivity contribution in [1.29, 1.82) is 0 Å². The van der Waals surface area contributed by atoms with Gasteiger partial charge in [0, 0.05) is 5.69 Å². The predicted octanol–water partition coefficient (Wildman–Crippen LogP) is 0.518. The molecule has 0 bridgehead atoms. The highest BCUT2D eigenvalue weighted by Gasteiger charge is 2.23. The van der Waals surface area contributed by atoms with E-state index in [2.05, 4.69) is 20.1 Å². The summed E-state index contributed by atoms with van der Waals surface area (Å²) in [6.45, 7) is 5.23.